The smallest absolute Gasteiger partial charge is 0.178 e. The number of aromatic nitrogens is 2. The highest BCUT2D eigenvalue weighted by Gasteiger charge is 2.08. The molecule has 17 heavy (non-hydrogen) atoms. The van der Waals surface area contributed by atoms with Crippen LogP contribution in [0.25, 0.3) is 11.0 Å². The molecule has 1 aromatic heterocycles. The van der Waals surface area contributed by atoms with Crippen molar-refractivity contribution >= 4 is 39.2 Å². The Morgan fingerprint density at radius 1 is 1.53 bits per heavy atom. The normalized spacial score (nSPS) is 11.7. The highest BCUT2D eigenvalue weighted by Crippen LogP contribution is 2.23. The molecule has 0 aliphatic rings. The van der Waals surface area contributed by atoms with E-state index in [1.165, 1.54) is 6.07 Å². The first kappa shape index (κ1) is 12.5. The summed E-state index contributed by atoms with van der Waals surface area (Å²) in [5.74, 6) is -0.283. The number of imidazole rings is 1. The van der Waals surface area contributed by atoms with Crippen molar-refractivity contribution in [1.82, 2.24) is 9.55 Å². The van der Waals surface area contributed by atoms with Gasteiger partial charge in [0, 0.05) is 12.6 Å². The Bertz CT molecular complexity index is 627. The van der Waals surface area contributed by atoms with Crippen LogP contribution in [0.2, 0.25) is 0 Å². The molecule has 0 atom stereocenters. The van der Waals surface area contributed by atoms with Crippen molar-refractivity contribution in [2.75, 3.05) is 0 Å². The van der Waals surface area contributed by atoms with Crippen LogP contribution < -0.4 is 0 Å². The number of nitrogens with zero attached hydrogens (tertiary/aromatic N) is 1. The predicted octanol–water partition coefficient (Wildman–Crippen LogP) is 4.57. The summed E-state index contributed by atoms with van der Waals surface area (Å²) in [5, 5.41) is 0. The maximum atomic E-state index is 13.4. The number of H-pyrrole nitrogens is 1. The third-order valence-corrected chi connectivity index (χ3v) is 3.50. The van der Waals surface area contributed by atoms with Gasteiger partial charge < -0.3 is 9.55 Å². The molecule has 0 fully saturated rings. The Labute approximate surface area is 112 Å². The van der Waals surface area contributed by atoms with Crippen LogP contribution in [0.15, 0.2) is 28.8 Å². The first-order valence-corrected chi connectivity index (χ1v) is 6.52. The molecule has 1 aromatic carbocycles. The zero-order valence-corrected chi connectivity index (χ0v) is 11.7. The van der Waals surface area contributed by atoms with Crippen LogP contribution in [0.4, 0.5) is 4.39 Å². The summed E-state index contributed by atoms with van der Waals surface area (Å²) in [5.41, 5.74) is 1.66. The molecule has 5 heteroatoms. The Morgan fingerprint density at radius 3 is 3.00 bits per heavy atom. The van der Waals surface area contributed by atoms with Gasteiger partial charge in [-0.1, -0.05) is 12.2 Å². The summed E-state index contributed by atoms with van der Waals surface area (Å²) in [4.78, 5) is 3.01. The number of benzene rings is 1. The third-order valence-electron chi connectivity index (χ3n) is 2.57. The monoisotopic (exact) mass is 314 g/mol. The topological polar surface area (TPSA) is 20.7 Å². The average Bonchev–Trinajstić information content (AvgIpc) is 2.57. The molecule has 1 N–H and O–H groups in total. The maximum Gasteiger partial charge on any atom is 0.178 e. The quantitative estimate of drug-likeness (QED) is 0.650. The lowest BCUT2D eigenvalue weighted by Gasteiger charge is -2.02. The number of aromatic amines is 1. The minimum atomic E-state index is -0.283. The molecule has 90 valence electrons. The Balaban J connectivity index is 2.51. The maximum absolute atomic E-state index is 13.4. The van der Waals surface area contributed by atoms with Gasteiger partial charge in [0.15, 0.2) is 4.77 Å². The fourth-order valence-electron chi connectivity index (χ4n) is 1.74. The van der Waals surface area contributed by atoms with E-state index in [2.05, 4.69) is 27.0 Å². The molecule has 0 radical (unpaired) electrons. The SMILES string of the molecule is C/C=C/CCn1c(=S)[nH]c2cc(F)c(Br)cc21. The highest BCUT2D eigenvalue weighted by atomic mass is 79.9. The molecule has 2 nitrogen and oxygen atoms in total. The Hall–Kier alpha value is -0.940. The molecule has 0 aliphatic carbocycles. The molecule has 2 rings (SSSR count). The van der Waals surface area contributed by atoms with Gasteiger partial charge in [-0.05, 0) is 47.6 Å². The number of hydrogen-bond donors (Lipinski definition) is 1. The van der Waals surface area contributed by atoms with E-state index in [1.807, 2.05) is 17.6 Å². The summed E-state index contributed by atoms with van der Waals surface area (Å²) in [7, 11) is 0. The summed E-state index contributed by atoms with van der Waals surface area (Å²) in [6, 6.07) is 3.22. The van der Waals surface area contributed by atoms with E-state index < -0.39 is 0 Å². The molecule has 0 bridgehead atoms. The second-order valence-electron chi connectivity index (χ2n) is 3.72. The molecule has 0 amide bonds. The van der Waals surface area contributed by atoms with Crippen LogP contribution in [-0.2, 0) is 6.54 Å². The van der Waals surface area contributed by atoms with Crippen molar-refractivity contribution in [3.05, 3.63) is 39.3 Å². The van der Waals surface area contributed by atoms with E-state index in [0.717, 1.165) is 24.0 Å². The molecule has 0 spiro atoms. The van der Waals surface area contributed by atoms with E-state index in [1.54, 1.807) is 6.07 Å². The second-order valence-corrected chi connectivity index (χ2v) is 4.96. The number of aryl methyl sites for hydroxylation is 1. The lowest BCUT2D eigenvalue weighted by atomic mass is 10.3. The minimum Gasteiger partial charge on any atom is -0.330 e. The van der Waals surface area contributed by atoms with Gasteiger partial charge in [0.05, 0.1) is 15.5 Å². The van der Waals surface area contributed by atoms with Crippen molar-refractivity contribution < 1.29 is 4.39 Å². The first-order chi connectivity index (χ1) is 8.13. The highest BCUT2D eigenvalue weighted by molar-refractivity contribution is 9.10. The molecule has 0 unspecified atom stereocenters. The molecule has 0 saturated heterocycles. The van der Waals surface area contributed by atoms with E-state index >= 15 is 0 Å². The number of rotatable bonds is 3. The lowest BCUT2D eigenvalue weighted by Crippen LogP contribution is -1.96. The summed E-state index contributed by atoms with van der Waals surface area (Å²) < 4.78 is 16.4. The molecule has 2 aromatic rings. The standard InChI is InChI=1S/C12H12BrFN2S/c1-2-3-4-5-16-11-6-8(13)9(14)7-10(11)15-12(16)17/h2-3,6-7H,4-5H2,1H3,(H,15,17)/b3-2+. The van der Waals surface area contributed by atoms with Gasteiger partial charge >= 0.3 is 0 Å². The Morgan fingerprint density at radius 2 is 2.29 bits per heavy atom. The molecular weight excluding hydrogens is 303 g/mol. The fourth-order valence-corrected chi connectivity index (χ4v) is 2.38. The van der Waals surface area contributed by atoms with Crippen LogP contribution in [0.5, 0.6) is 0 Å². The molecule has 0 saturated carbocycles. The van der Waals surface area contributed by atoms with Crippen molar-refractivity contribution in [1.29, 1.82) is 0 Å². The van der Waals surface area contributed by atoms with E-state index in [-0.39, 0.29) is 5.82 Å². The minimum absolute atomic E-state index is 0.283. The van der Waals surface area contributed by atoms with E-state index in [9.17, 15) is 4.39 Å². The average molecular weight is 315 g/mol. The predicted molar refractivity (Wildman–Crippen MR) is 74.2 cm³/mol. The van der Waals surface area contributed by atoms with Crippen LogP contribution >= 0.6 is 28.1 Å². The van der Waals surface area contributed by atoms with Gasteiger partial charge in [-0.3, -0.25) is 0 Å². The number of halogens is 2. The van der Waals surface area contributed by atoms with Gasteiger partial charge in [0.2, 0.25) is 0 Å². The number of nitrogens with one attached hydrogen (secondary N) is 1. The largest absolute Gasteiger partial charge is 0.330 e. The van der Waals surface area contributed by atoms with Crippen molar-refractivity contribution in [2.24, 2.45) is 0 Å². The van der Waals surface area contributed by atoms with Gasteiger partial charge in [0.25, 0.3) is 0 Å². The first-order valence-electron chi connectivity index (χ1n) is 5.32. The van der Waals surface area contributed by atoms with E-state index in [0.29, 0.717) is 9.24 Å². The molecule has 1 heterocycles. The van der Waals surface area contributed by atoms with Gasteiger partial charge in [0.1, 0.15) is 5.82 Å². The van der Waals surface area contributed by atoms with E-state index in [4.69, 9.17) is 12.2 Å². The number of allylic oxidation sites excluding steroid dienone is 2. The molecular formula is C12H12BrFN2S. The van der Waals surface area contributed by atoms with Crippen molar-refractivity contribution in [3.8, 4) is 0 Å². The second kappa shape index (κ2) is 5.14. The van der Waals surface area contributed by atoms with Crippen LogP contribution in [0.3, 0.4) is 0 Å². The van der Waals surface area contributed by atoms with Crippen LogP contribution in [0.1, 0.15) is 13.3 Å². The summed E-state index contributed by atoms with van der Waals surface area (Å²) >= 11 is 8.43. The van der Waals surface area contributed by atoms with Crippen molar-refractivity contribution in [2.45, 2.75) is 19.9 Å². The number of fused-ring (bicyclic) bond motifs is 1. The zero-order valence-electron chi connectivity index (χ0n) is 9.34. The number of hydrogen-bond acceptors (Lipinski definition) is 1. The fraction of sp³-hybridized carbons (Fsp3) is 0.250. The summed E-state index contributed by atoms with van der Waals surface area (Å²) in [6.45, 7) is 2.78. The summed E-state index contributed by atoms with van der Waals surface area (Å²) in [6.07, 6.45) is 5.00. The van der Waals surface area contributed by atoms with Crippen molar-refractivity contribution in [3.63, 3.8) is 0 Å². The van der Waals surface area contributed by atoms with Gasteiger partial charge in [-0.2, -0.15) is 0 Å². The molecule has 0 aliphatic heterocycles. The van der Waals surface area contributed by atoms with Crippen LogP contribution in [-0.4, -0.2) is 9.55 Å². The third kappa shape index (κ3) is 2.50. The zero-order chi connectivity index (χ0) is 12.4. The van der Waals surface area contributed by atoms with Gasteiger partial charge in [-0.15, -0.1) is 0 Å². The lowest BCUT2D eigenvalue weighted by molar-refractivity contribution is 0.622. The van der Waals surface area contributed by atoms with Crippen LogP contribution in [0, 0.1) is 10.6 Å². The van der Waals surface area contributed by atoms with Gasteiger partial charge in [-0.25, -0.2) is 4.39 Å². The Kier molecular flexibility index (Phi) is 3.79.